The van der Waals surface area contributed by atoms with Gasteiger partial charge < -0.3 is 4.74 Å². The fraction of sp³-hybridized carbons (Fsp3) is 0.304. The molecule has 0 amide bonds. The summed E-state index contributed by atoms with van der Waals surface area (Å²) in [6.45, 7) is 5.45. The summed E-state index contributed by atoms with van der Waals surface area (Å²) in [5.41, 5.74) is 5.26. The number of nitrogens with zero attached hydrogens (tertiary/aromatic N) is 3. The standard InChI is InChI=1S/C23H23N3O3/c1-14-11-15(2)26(25-14)21-10-9-20(13-24-21)23(28)29-16(3)22(27)19-8-7-17-5-4-6-18(17)12-19/h7-13,16H,4-6H2,1-3H3. The van der Waals surface area contributed by atoms with Crippen LogP contribution in [-0.4, -0.2) is 32.6 Å². The lowest BCUT2D eigenvalue weighted by atomic mass is 10.0. The van der Waals surface area contributed by atoms with Gasteiger partial charge in [-0.1, -0.05) is 12.1 Å². The van der Waals surface area contributed by atoms with Crippen molar-refractivity contribution < 1.29 is 14.3 Å². The lowest BCUT2D eigenvalue weighted by molar-refractivity contribution is 0.0318. The third-order valence-electron chi connectivity index (χ3n) is 5.25. The Morgan fingerprint density at radius 3 is 2.48 bits per heavy atom. The zero-order valence-electron chi connectivity index (χ0n) is 16.8. The minimum atomic E-state index is -0.863. The van der Waals surface area contributed by atoms with Crippen LogP contribution in [0, 0.1) is 13.8 Å². The first-order valence-electron chi connectivity index (χ1n) is 9.79. The van der Waals surface area contributed by atoms with Crippen LogP contribution in [0.15, 0.2) is 42.6 Å². The maximum Gasteiger partial charge on any atom is 0.340 e. The zero-order valence-corrected chi connectivity index (χ0v) is 16.8. The van der Waals surface area contributed by atoms with Crippen molar-refractivity contribution in [2.45, 2.75) is 46.1 Å². The molecular formula is C23H23N3O3. The average molecular weight is 389 g/mol. The minimum Gasteiger partial charge on any atom is -0.451 e. The summed E-state index contributed by atoms with van der Waals surface area (Å²) < 4.78 is 7.11. The topological polar surface area (TPSA) is 74.1 Å². The molecule has 3 aromatic rings. The van der Waals surface area contributed by atoms with E-state index in [0.29, 0.717) is 16.9 Å². The quantitative estimate of drug-likeness (QED) is 0.490. The number of aromatic nitrogens is 3. The Bertz CT molecular complexity index is 1080. The fourth-order valence-electron chi connectivity index (χ4n) is 3.73. The van der Waals surface area contributed by atoms with Gasteiger partial charge in [0.2, 0.25) is 5.78 Å². The predicted molar refractivity (Wildman–Crippen MR) is 109 cm³/mol. The summed E-state index contributed by atoms with van der Waals surface area (Å²) in [5, 5.41) is 4.38. The number of hydrogen-bond acceptors (Lipinski definition) is 5. The number of ketones is 1. The summed E-state index contributed by atoms with van der Waals surface area (Å²) in [5.74, 6) is -0.144. The molecule has 0 radical (unpaired) electrons. The molecule has 4 rings (SSSR count). The summed E-state index contributed by atoms with van der Waals surface area (Å²) in [6.07, 6.45) is 3.77. The van der Waals surface area contributed by atoms with E-state index in [2.05, 4.69) is 10.1 Å². The maximum absolute atomic E-state index is 12.7. The molecule has 0 fully saturated rings. The molecule has 29 heavy (non-hydrogen) atoms. The normalized spacial score (nSPS) is 13.8. The fourth-order valence-corrected chi connectivity index (χ4v) is 3.73. The molecule has 1 unspecified atom stereocenters. The van der Waals surface area contributed by atoms with Gasteiger partial charge in [0.15, 0.2) is 11.9 Å². The van der Waals surface area contributed by atoms with Gasteiger partial charge in [-0.25, -0.2) is 14.5 Å². The molecule has 1 aromatic carbocycles. The molecule has 0 spiro atoms. The van der Waals surface area contributed by atoms with Gasteiger partial charge in [0.25, 0.3) is 0 Å². The van der Waals surface area contributed by atoms with Crippen LogP contribution in [-0.2, 0) is 17.6 Å². The number of carbonyl (C=O) groups excluding carboxylic acids is 2. The Balaban J connectivity index is 1.44. The van der Waals surface area contributed by atoms with Crippen LogP contribution in [0.25, 0.3) is 5.82 Å². The Morgan fingerprint density at radius 2 is 1.79 bits per heavy atom. The van der Waals surface area contributed by atoms with Crippen LogP contribution in [0.3, 0.4) is 0 Å². The van der Waals surface area contributed by atoms with Gasteiger partial charge in [0.1, 0.15) is 0 Å². The Morgan fingerprint density at radius 1 is 1.03 bits per heavy atom. The first kappa shape index (κ1) is 19.1. The second-order valence-electron chi connectivity index (χ2n) is 7.49. The summed E-state index contributed by atoms with van der Waals surface area (Å²) in [7, 11) is 0. The van der Waals surface area contributed by atoms with Gasteiger partial charge in [-0.3, -0.25) is 4.79 Å². The van der Waals surface area contributed by atoms with E-state index in [1.807, 2.05) is 38.1 Å². The van der Waals surface area contributed by atoms with E-state index in [-0.39, 0.29) is 5.78 Å². The van der Waals surface area contributed by atoms with Crippen molar-refractivity contribution in [3.05, 3.63) is 76.2 Å². The van der Waals surface area contributed by atoms with Crippen LogP contribution in [0.5, 0.6) is 0 Å². The highest BCUT2D eigenvalue weighted by Crippen LogP contribution is 2.23. The molecule has 0 aliphatic heterocycles. The number of Topliss-reactive ketones (excluding diaryl/α,β-unsaturated/α-hetero) is 1. The highest BCUT2D eigenvalue weighted by Gasteiger charge is 2.22. The van der Waals surface area contributed by atoms with Gasteiger partial charge in [-0.2, -0.15) is 5.10 Å². The molecule has 1 atom stereocenters. The van der Waals surface area contributed by atoms with E-state index in [1.54, 1.807) is 23.7 Å². The van der Waals surface area contributed by atoms with E-state index in [9.17, 15) is 9.59 Å². The predicted octanol–water partition coefficient (Wildman–Crippen LogP) is 3.80. The van der Waals surface area contributed by atoms with Crippen molar-refractivity contribution in [2.24, 2.45) is 0 Å². The molecule has 0 N–H and O–H groups in total. The Hall–Kier alpha value is -3.28. The molecule has 0 bridgehead atoms. The van der Waals surface area contributed by atoms with E-state index in [1.165, 1.54) is 17.3 Å². The molecule has 0 saturated heterocycles. The van der Waals surface area contributed by atoms with Gasteiger partial charge in [-0.05, 0) is 75.4 Å². The summed E-state index contributed by atoms with van der Waals surface area (Å²) in [4.78, 5) is 29.5. The van der Waals surface area contributed by atoms with Gasteiger partial charge in [0.05, 0.1) is 11.3 Å². The molecule has 2 heterocycles. The summed E-state index contributed by atoms with van der Waals surface area (Å²) in [6, 6.07) is 11.1. The van der Waals surface area contributed by atoms with Crippen LogP contribution in [0.2, 0.25) is 0 Å². The third-order valence-corrected chi connectivity index (χ3v) is 5.25. The zero-order chi connectivity index (χ0) is 20.5. The van der Waals surface area contributed by atoms with Crippen LogP contribution >= 0.6 is 0 Å². The number of pyridine rings is 1. The number of hydrogen-bond donors (Lipinski definition) is 0. The Labute approximate surface area is 169 Å². The number of fused-ring (bicyclic) bond motifs is 1. The first-order valence-corrected chi connectivity index (χ1v) is 9.79. The monoisotopic (exact) mass is 389 g/mol. The van der Waals surface area contributed by atoms with Crippen molar-refractivity contribution in [1.29, 1.82) is 0 Å². The number of aryl methyl sites for hydroxylation is 4. The molecule has 6 nitrogen and oxygen atoms in total. The number of esters is 1. The number of carbonyl (C=O) groups is 2. The van der Waals surface area contributed by atoms with Crippen molar-refractivity contribution in [2.75, 3.05) is 0 Å². The number of ether oxygens (including phenoxy) is 1. The van der Waals surface area contributed by atoms with Crippen LogP contribution < -0.4 is 0 Å². The van der Waals surface area contributed by atoms with E-state index in [4.69, 9.17) is 4.74 Å². The van der Waals surface area contributed by atoms with E-state index in [0.717, 1.165) is 30.7 Å². The Kier molecular flexibility index (Phi) is 5.01. The van der Waals surface area contributed by atoms with Gasteiger partial charge in [-0.15, -0.1) is 0 Å². The molecular weight excluding hydrogens is 366 g/mol. The van der Waals surface area contributed by atoms with Gasteiger partial charge >= 0.3 is 5.97 Å². The molecule has 0 saturated carbocycles. The van der Waals surface area contributed by atoms with Gasteiger partial charge in [0, 0.05) is 17.5 Å². The van der Waals surface area contributed by atoms with Crippen molar-refractivity contribution in [3.8, 4) is 5.82 Å². The summed E-state index contributed by atoms with van der Waals surface area (Å²) >= 11 is 0. The first-order chi connectivity index (χ1) is 13.9. The molecule has 1 aliphatic rings. The van der Waals surface area contributed by atoms with E-state index >= 15 is 0 Å². The average Bonchev–Trinajstić information content (AvgIpc) is 3.32. The van der Waals surface area contributed by atoms with Crippen molar-refractivity contribution in [1.82, 2.24) is 14.8 Å². The SMILES string of the molecule is Cc1cc(C)n(-c2ccc(C(=O)OC(C)C(=O)c3ccc4c(c3)CCC4)cn2)n1. The van der Waals surface area contributed by atoms with Crippen molar-refractivity contribution >= 4 is 11.8 Å². The highest BCUT2D eigenvalue weighted by atomic mass is 16.5. The second-order valence-corrected chi connectivity index (χ2v) is 7.49. The van der Waals surface area contributed by atoms with Crippen LogP contribution in [0.1, 0.15) is 56.6 Å². The van der Waals surface area contributed by atoms with E-state index < -0.39 is 12.1 Å². The molecule has 2 aromatic heterocycles. The second kappa shape index (κ2) is 7.62. The largest absolute Gasteiger partial charge is 0.451 e. The lowest BCUT2D eigenvalue weighted by Crippen LogP contribution is -2.24. The number of benzene rings is 1. The maximum atomic E-state index is 12.7. The lowest BCUT2D eigenvalue weighted by Gasteiger charge is -2.13. The highest BCUT2D eigenvalue weighted by molar-refractivity contribution is 6.01. The van der Waals surface area contributed by atoms with Crippen LogP contribution in [0.4, 0.5) is 0 Å². The number of rotatable bonds is 5. The third kappa shape index (κ3) is 3.83. The molecule has 6 heteroatoms. The smallest absolute Gasteiger partial charge is 0.340 e. The van der Waals surface area contributed by atoms with Crippen molar-refractivity contribution in [3.63, 3.8) is 0 Å². The molecule has 1 aliphatic carbocycles. The minimum absolute atomic E-state index is 0.194. The molecule has 148 valence electrons.